The Balaban J connectivity index is 1.68. The minimum absolute atomic E-state index is 0.209. The fraction of sp³-hybridized carbons (Fsp3) is 0.400. The molecule has 0 bridgehead atoms. The zero-order valence-electron chi connectivity index (χ0n) is 21.7. The second-order valence-electron chi connectivity index (χ2n) is 10.3. The van der Waals surface area contributed by atoms with E-state index in [0.717, 1.165) is 56.3 Å². The number of fused-ring (bicyclic) bond motifs is 3. The number of carbonyl (C=O) groups excluding carboxylic acids is 1. The van der Waals surface area contributed by atoms with Gasteiger partial charge in [-0.2, -0.15) is 5.26 Å². The van der Waals surface area contributed by atoms with Gasteiger partial charge in [0, 0.05) is 49.4 Å². The Kier molecular flexibility index (Phi) is 7.10. The van der Waals surface area contributed by atoms with Crippen LogP contribution in [0.5, 0.6) is 0 Å². The van der Waals surface area contributed by atoms with Crippen LogP contribution in [-0.4, -0.2) is 60.0 Å². The fourth-order valence-corrected chi connectivity index (χ4v) is 5.93. The SMILES string of the molecule is C#CC(=O)N1[C@@H](CCCC)Cc2c([nH]c3c(F)cc(F)cc23)[C@@H]1c1ccc(N2CCN(C)CC2)c(C#N)c1. The number of aromatic nitrogens is 1. The monoisotopic (exact) mass is 515 g/mol. The smallest absolute Gasteiger partial charge is 0.299 e. The summed E-state index contributed by atoms with van der Waals surface area (Å²) in [5, 5.41) is 10.6. The molecule has 1 saturated heterocycles. The molecule has 8 heteroatoms. The summed E-state index contributed by atoms with van der Waals surface area (Å²) in [4.78, 5) is 22.5. The van der Waals surface area contributed by atoms with Gasteiger partial charge in [-0.05, 0) is 55.1 Å². The van der Waals surface area contributed by atoms with Gasteiger partial charge in [-0.15, -0.1) is 6.42 Å². The Bertz CT molecular complexity index is 1460. The highest BCUT2D eigenvalue weighted by Crippen LogP contribution is 2.43. The van der Waals surface area contributed by atoms with Crippen molar-refractivity contribution in [2.24, 2.45) is 0 Å². The van der Waals surface area contributed by atoms with Crippen LogP contribution >= 0.6 is 0 Å². The highest BCUT2D eigenvalue weighted by Gasteiger charge is 2.40. The molecule has 1 fully saturated rings. The number of terminal acetylenes is 1. The van der Waals surface area contributed by atoms with Gasteiger partial charge >= 0.3 is 0 Å². The second kappa shape index (κ2) is 10.5. The zero-order valence-corrected chi connectivity index (χ0v) is 21.7. The number of nitrogens with one attached hydrogen (secondary N) is 1. The number of H-pyrrole nitrogens is 1. The summed E-state index contributed by atoms with van der Waals surface area (Å²) in [6.07, 6.45) is 8.58. The van der Waals surface area contributed by atoms with Crippen LogP contribution in [0.2, 0.25) is 0 Å². The van der Waals surface area contributed by atoms with E-state index >= 15 is 0 Å². The Labute approximate surface area is 221 Å². The molecule has 196 valence electrons. The Hall–Kier alpha value is -3.88. The standard InChI is InChI=1S/C30H31F2N5O/c1-4-6-7-22-17-24-23-15-21(31)16-25(32)28(23)34-29(24)30(37(22)27(38)5-2)19-8-9-26(20(14-19)18-33)36-12-10-35(3)11-13-36/h2,8-9,14-16,22,30,34H,4,6-7,10-13,17H2,1,3H3/t22-,30-/m0/s1. The summed E-state index contributed by atoms with van der Waals surface area (Å²) in [5.74, 6) is 0.485. The predicted molar refractivity (Wildman–Crippen MR) is 144 cm³/mol. The van der Waals surface area contributed by atoms with Crippen LogP contribution in [-0.2, 0) is 11.2 Å². The summed E-state index contributed by atoms with van der Waals surface area (Å²) >= 11 is 0. The summed E-state index contributed by atoms with van der Waals surface area (Å²) in [6, 6.07) is 9.29. The minimum atomic E-state index is -0.684. The third-order valence-corrected chi connectivity index (χ3v) is 7.90. The largest absolute Gasteiger partial charge is 0.368 e. The van der Waals surface area contributed by atoms with Crippen molar-refractivity contribution < 1.29 is 13.6 Å². The summed E-state index contributed by atoms with van der Waals surface area (Å²) in [7, 11) is 2.08. The number of carbonyl (C=O) groups is 1. The zero-order chi connectivity index (χ0) is 27.0. The molecule has 2 aromatic carbocycles. The Morgan fingerprint density at radius 3 is 2.63 bits per heavy atom. The van der Waals surface area contributed by atoms with E-state index in [0.29, 0.717) is 35.0 Å². The summed E-state index contributed by atoms with van der Waals surface area (Å²) in [6.45, 7) is 5.50. The van der Waals surface area contributed by atoms with Crippen molar-refractivity contribution in [1.82, 2.24) is 14.8 Å². The summed E-state index contributed by atoms with van der Waals surface area (Å²) in [5.41, 5.74) is 3.66. The number of anilines is 1. The van der Waals surface area contributed by atoms with Gasteiger partial charge in [-0.3, -0.25) is 4.79 Å². The summed E-state index contributed by atoms with van der Waals surface area (Å²) < 4.78 is 29.1. The molecule has 1 amide bonds. The number of likely N-dealkylation sites (N-methyl/N-ethyl adjacent to an activating group) is 1. The van der Waals surface area contributed by atoms with Crippen LogP contribution in [0, 0.1) is 35.3 Å². The molecule has 6 nitrogen and oxygen atoms in total. The second-order valence-corrected chi connectivity index (χ2v) is 10.3. The lowest BCUT2D eigenvalue weighted by Gasteiger charge is -2.42. The molecule has 1 aromatic heterocycles. The van der Waals surface area contributed by atoms with Crippen molar-refractivity contribution in [3.8, 4) is 18.4 Å². The molecule has 0 radical (unpaired) electrons. The Morgan fingerprint density at radius 1 is 1.18 bits per heavy atom. The van der Waals surface area contributed by atoms with Gasteiger partial charge in [0.25, 0.3) is 5.91 Å². The van der Waals surface area contributed by atoms with Gasteiger partial charge in [0.2, 0.25) is 0 Å². The van der Waals surface area contributed by atoms with E-state index in [1.54, 1.807) is 4.90 Å². The lowest BCUT2D eigenvalue weighted by Crippen LogP contribution is -2.47. The average molecular weight is 516 g/mol. The van der Waals surface area contributed by atoms with Gasteiger partial charge in [0.1, 0.15) is 17.7 Å². The third-order valence-electron chi connectivity index (χ3n) is 7.90. The average Bonchev–Trinajstić information content (AvgIpc) is 3.29. The number of halogens is 2. The number of nitriles is 1. The quantitative estimate of drug-likeness (QED) is 0.499. The van der Waals surface area contributed by atoms with Crippen LogP contribution in [0.15, 0.2) is 30.3 Å². The molecular weight excluding hydrogens is 484 g/mol. The maximum atomic E-state index is 14.9. The first kappa shape index (κ1) is 25.8. The number of hydrogen-bond donors (Lipinski definition) is 1. The topological polar surface area (TPSA) is 66.4 Å². The fourth-order valence-electron chi connectivity index (χ4n) is 5.93. The van der Waals surface area contributed by atoms with Gasteiger partial charge in [0.15, 0.2) is 0 Å². The number of piperazine rings is 1. The van der Waals surface area contributed by atoms with Gasteiger partial charge < -0.3 is 19.7 Å². The van der Waals surface area contributed by atoms with Gasteiger partial charge in [0.05, 0.1) is 22.8 Å². The predicted octanol–water partition coefficient (Wildman–Crippen LogP) is 4.74. The molecule has 0 unspecified atom stereocenters. The number of benzene rings is 2. The van der Waals surface area contributed by atoms with Crippen molar-refractivity contribution in [2.45, 2.75) is 44.7 Å². The van der Waals surface area contributed by atoms with E-state index in [1.807, 2.05) is 18.2 Å². The number of amides is 1. The lowest BCUT2D eigenvalue weighted by atomic mass is 9.85. The van der Waals surface area contributed by atoms with Crippen LogP contribution in [0.25, 0.3) is 10.9 Å². The van der Waals surface area contributed by atoms with E-state index in [1.165, 1.54) is 6.07 Å². The van der Waals surface area contributed by atoms with Crippen molar-refractivity contribution in [1.29, 1.82) is 5.26 Å². The van der Waals surface area contributed by atoms with E-state index in [-0.39, 0.29) is 11.6 Å². The molecule has 3 aromatic rings. The normalized spacial score (nSPS) is 19.7. The molecule has 0 saturated carbocycles. The van der Waals surface area contributed by atoms with Crippen molar-refractivity contribution in [3.63, 3.8) is 0 Å². The third kappa shape index (κ3) is 4.50. The Morgan fingerprint density at radius 2 is 1.95 bits per heavy atom. The lowest BCUT2D eigenvalue weighted by molar-refractivity contribution is -0.130. The van der Waals surface area contributed by atoms with E-state index in [4.69, 9.17) is 6.42 Å². The maximum absolute atomic E-state index is 14.9. The molecule has 2 aliphatic rings. The molecule has 0 spiro atoms. The van der Waals surface area contributed by atoms with E-state index in [9.17, 15) is 18.8 Å². The first-order valence-electron chi connectivity index (χ1n) is 13.1. The van der Waals surface area contributed by atoms with Gasteiger partial charge in [-0.1, -0.05) is 25.8 Å². The van der Waals surface area contributed by atoms with Crippen LogP contribution in [0.1, 0.15) is 54.6 Å². The molecule has 5 rings (SSSR count). The number of rotatable bonds is 5. The molecule has 2 atom stereocenters. The molecule has 2 aliphatic heterocycles. The number of nitrogens with zero attached hydrogens (tertiary/aromatic N) is 4. The van der Waals surface area contributed by atoms with Crippen LogP contribution < -0.4 is 4.90 Å². The number of aromatic amines is 1. The first-order chi connectivity index (χ1) is 18.4. The molecular formula is C30H31F2N5O. The van der Waals surface area contributed by atoms with Crippen molar-refractivity contribution in [2.75, 3.05) is 38.1 Å². The van der Waals surface area contributed by atoms with Crippen LogP contribution in [0.4, 0.5) is 14.5 Å². The number of hydrogen-bond acceptors (Lipinski definition) is 4. The van der Waals surface area contributed by atoms with Crippen molar-refractivity contribution >= 4 is 22.5 Å². The maximum Gasteiger partial charge on any atom is 0.299 e. The molecule has 3 heterocycles. The van der Waals surface area contributed by atoms with Gasteiger partial charge in [-0.25, -0.2) is 8.78 Å². The molecule has 38 heavy (non-hydrogen) atoms. The molecule has 1 N–H and O–H groups in total. The minimum Gasteiger partial charge on any atom is -0.368 e. The highest BCUT2D eigenvalue weighted by molar-refractivity contribution is 5.95. The number of unbranched alkanes of at least 4 members (excludes halogenated alkanes) is 1. The molecule has 0 aliphatic carbocycles. The van der Waals surface area contributed by atoms with E-state index in [2.05, 4.69) is 40.7 Å². The van der Waals surface area contributed by atoms with Crippen molar-refractivity contribution in [3.05, 3.63) is 64.4 Å². The van der Waals surface area contributed by atoms with Crippen LogP contribution in [0.3, 0.4) is 0 Å². The highest BCUT2D eigenvalue weighted by atomic mass is 19.1. The first-order valence-corrected chi connectivity index (χ1v) is 13.1. The van der Waals surface area contributed by atoms with E-state index < -0.39 is 23.6 Å².